The van der Waals surface area contributed by atoms with Gasteiger partial charge in [0, 0.05) is 37.3 Å². The molecule has 0 atom stereocenters. The van der Waals surface area contributed by atoms with Gasteiger partial charge < -0.3 is 19.9 Å². The molecule has 4 rings (SSSR count). The Morgan fingerprint density at radius 2 is 1.93 bits per heavy atom. The molecule has 2 amide bonds. The number of ether oxygens (including phenoxy) is 1. The summed E-state index contributed by atoms with van der Waals surface area (Å²) in [5, 5.41) is 11.8. The summed E-state index contributed by atoms with van der Waals surface area (Å²) in [4.78, 5) is 26.0. The lowest BCUT2D eigenvalue weighted by molar-refractivity contribution is 0.122. The van der Waals surface area contributed by atoms with Crippen LogP contribution in [0.3, 0.4) is 0 Å². The lowest BCUT2D eigenvalue weighted by Crippen LogP contribution is -2.42. The van der Waals surface area contributed by atoms with Crippen molar-refractivity contribution in [2.75, 3.05) is 43.1 Å². The Morgan fingerprint density at radius 3 is 2.64 bits per heavy atom. The molecule has 2 aromatic rings. The van der Waals surface area contributed by atoms with Gasteiger partial charge in [-0.2, -0.15) is 5.26 Å². The molecule has 2 aliphatic rings. The van der Waals surface area contributed by atoms with Gasteiger partial charge in [0.25, 0.3) is 0 Å². The van der Waals surface area contributed by atoms with Crippen molar-refractivity contribution in [3.8, 4) is 6.07 Å². The van der Waals surface area contributed by atoms with Crippen molar-refractivity contribution in [3.63, 3.8) is 0 Å². The van der Waals surface area contributed by atoms with E-state index in [9.17, 15) is 4.79 Å². The molecule has 144 valence electrons. The first kappa shape index (κ1) is 18.2. The minimum atomic E-state index is -0.163. The van der Waals surface area contributed by atoms with Crippen LogP contribution >= 0.6 is 0 Å². The van der Waals surface area contributed by atoms with E-state index in [0.29, 0.717) is 44.0 Å². The number of nitrogens with one attached hydrogen (secondary N) is 1. The van der Waals surface area contributed by atoms with E-state index in [2.05, 4.69) is 26.3 Å². The van der Waals surface area contributed by atoms with Gasteiger partial charge in [0.05, 0.1) is 37.1 Å². The highest BCUT2D eigenvalue weighted by molar-refractivity contribution is 5.89. The number of hydrogen-bond acceptors (Lipinski definition) is 6. The molecular formula is C20H22N6O2. The molecule has 28 heavy (non-hydrogen) atoms. The van der Waals surface area contributed by atoms with E-state index in [-0.39, 0.29) is 6.03 Å². The first-order valence-electron chi connectivity index (χ1n) is 9.39. The molecule has 0 unspecified atom stereocenters. The molecule has 1 saturated heterocycles. The minimum absolute atomic E-state index is 0.163. The van der Waals surface area contributed by atoms with Crippen LogP contribution in [0.2, 0.25) is 0 Å². The molecule has 2 aliphatic heterocycles. The summed E-state index contributed by atoms with van der Waals surface area (Å²) >= 11 is 0. The second kappa shape index (κ2) is 7.82. The van der Waals surface area contributed by atoms with Gasteiger partial charge in [-0.3, -0.25) is 0 Å². The van der Waals surface area contributed by atoms with E-state index in [1.807, 2.05) is 6.92 Å². The molecule has 0 radical (unpaired) electrons. The van der Waals surface area contributed by atoms with Gasteiger partial charge in [-0.15, -0.1) is 0 Å². The van der Waals surface area contributed by atoms with Crippen LogP contribution in [0.25, 0.3) is 0 Å². The highest BCUT2D eigenvalue weighted by atomic mass is 16.5. The number of hydrogen-bond donors (Lipinski definition) is 1. The molecule has 0 saturated carbocycles. The number of nitriles is 1. The smallest absolute Gasteiger partial charge is 0.322 e. The predicted molar refractivity (Wildman–Crippen MR) is 104 cm³/mol. The van der Waals surface area contributed by atoms with Crippen molar-refractivity contribution in [1.82, 2.24) is 14.9 Å². The Balaban J connectivity index is 1.53. The molecule has 0 spiro atoms. The maximum Gasteiger partial charge on any atom is 0.322 e. The van der Waals surface area contributed by atoms with Crippen LogP contribution in [0, 0.1) is 18.3 Å². The van der Waals surface area contributed by atoms with Crippen LogP contribution in [-0.2, 0) is 17.7 Å². The second-order valence-electron chi connectivity index (χ2n) is 6.91. The fourth-order valence-electron chi connectivity index (χ4n) is 3.56. The number of rotatable bonds is 2. The standard InChI is InChI=1S/C20H22N6O2/c1-14-22-18-6-7-26(20(27)24-16-4-2-15(12-21)3-5-16)13-17(18)19(23-14)25-8-10-28-11-9-25/h2-5H,6-11,13H2,1H3,(H,24,27). The van der Waals surface area contributed by atoms with Crippen LogP contribution in [0.15, 0.2) is 24.3 Å². The van der Waals surface area contributed by atoms with Crippen LogP contribution in [-0.4, -0.2) is 53.7 Å². The van der Waals surface area contributed by atoms with Gasteiger partial charge in [0.2, 0.25) is 0 Å². The zero-order valence-corrected chi connectivity index (χ0v) is 15.8. The van der Waals surface area contributed by atoms with E-state index in [4.69, 9.17) is 10.00 Å². The summed E-state index contributed by atoms with van der Waals surface area (Å²) < 4.78 is 5.46. The Morgan fingerprint density at radius 1 is 1.18 bits per heavy atom. The molecule has 1 aromatic carbocycles. The number of fused-ring (bicyclic) bond motifs is 1. The molecule has 0 aliphatic carbocycles. The van der Waals surface area contributed by atoms with Crippen molar-refractivity contribution in [2.45, 2.75) is 19.9 Å². The molecule has 0 bridgehead atoms. The molecule has 3 heterocycles. The highest BCUT2D eigenvalue weighted by Gasteiger charge is 2.27. The fraction of sp³-hybridized carbons (Fsp3) is 0.400. The molecule has 1 fully saturated rings. The van der Waals surface area contributed by atoms with Gasteiger partial charge in [-0.25, -0.2) is 14.8 Å². The molecule has 1 N–H and O–H groups in total. The van der Waals surface area contributed by atoms with Crippen LogP contribution in [0.5, 0.6) is 0 Å². The third-order valence-corrected chi connectivity index (χ3v) is 5.01. The molecular weight excluding hydrogens is 356 g/mol. The number of benzene rings is 1. The third kappa shape index (κ3) is 3.75. The largest absolute Gasteiger partial charge is 0.378 e. The van der Waals surface area contributed by atoms with Gasteiger partial charge in [-0.05, 0) is 31.2 Å². The van der Waals surface area contributed by atoms with Crippen molar-refractivity contribution in [3.05, 3.63) is 46.9 Å². The molecule has 8 heteroatoms. The van der Waals surface area contributed by atoms with Gasteiger partial charge in [0.1, 0.15) is 11.6 Å². The van der Waals surface area contributed by atoms with Gasteiger partial charge >= 0.3 is 6.03 Å². The highest BCUT2D eigenvalue weighted by Crippen LogP contribution is 2.27. The number of anilines is 2. The number of amides is 2. The maximum absolute atomic E-state index is 12.8. The number of nitrogens with zero attached hydrogens (tertiary/aromatic N) is 5. The normalized spacial score (nSPS) is 16.3. The zero-order chi connectivity index (χ0) is 19.5. The van der Waals surface area contributed by atoms with Crippen LogP contribution in [0.1, 0.15) is 22.6 Å². The van der Waals surface area contributed by atoms with Gasteiger partial charge in [0.15, 0.2) is 0 Å². The van der Waals surface area contributed by atoms with E-state index >= 15 is 0 Å². The number of morpholine rings is 1. The number of carbonyl (C=O) groups is 1. The second-order valence-corrected chi connectivity index (χ2v) is 6.91. The van der Waals surface area contributed by atoms with E-state index in [1.54, 1.807) is 29.2 Å². The first-order chi connectivity index (χ1) is 13.6. The van der Waals surface area contributed by atoms with Crippen LogP contribution < -0.4 is 10.2 Å². The number of aromatic nitrogens is 2. The van der Waals surface area contributed by atoms with Crippen molar-refractivity contribution in [2.24, 2.45) is 0 Å². The molecule has 1 aromatic heterocycles. The summed E-state index contributed by atoms with van der Waals surface area (Å²) in [6.07, 6.45) is 0.705. The average molecular weight is 378 g/mol. The Bertz CT molecular complexity index is 916. The third-order valence-electron chi connectivity index (χ3n) is 5.01. The fourth-order valence-corrected chi connectivity index (χ4v) is 3.56. The van der Waals surface area contributed by atoms with Crippen molar-refractivity contribution >= 4 is 17.5 Å². The summed E-state index contributed by atoms with van der Waals surface area (Å²) in [6, 6.07) is 8.76. The zero-order valence-electron chi connectivity index (χ0n) is 15.8. The number of aryl methyl sites for hydroxylation is 1. The van der Waals surface area contributed by atoms with E-state index in [0.717, 1.165) is 36.0 Å². The van der Waals surface area contributed by atoms with E-state index < -0.39 is 0 Å². The topological polar surface area (TPSA) is 94.4 Å². The summed E-state index contributed by atoms with van der Waals surface area (Å²) in [6.45, 7) is 5.94. The molecule has 8 nitrogen and oxygen atoms in total. The lowest BCUT2D eigenvalue weighted by atomic mass is 10.1. The van der Waals surface area contributed by atoms with Crippen molar-refractivity contribution < 1.29 is 9.53 Å². The quantitative estimate of drug-likeness (QED) is 0.860. The number of carbonyl (C=O) groups excluding carboxylic acids is 1. The average Bonchev–Trinajstić information content (AvgIpc) is 2.74. The maximum atomic E-state index is 12.8. The van der Waals surface area contributed by atoms with E-state index in [1.165, 1.54) is 0 Å². The summed E-state index contributed by atoms with van der Waals surface area (Å²) in [7, 11) is 0. The number of urea groups is 1. The Labute approximate surface area is 163 Å². The summed E-state index contributed by atoms with van der Waals surface area (Å²) in [5.41, 5.74) is 3.28. The summed E-state index contributed by atoms with van der Waals surface area (Å²) in [5.74, 6) is 1.68. The van der Waals surface area contributed by atoms with Gasteiger partial charge in [-0.1, -0.05) is 0 Å². The first-order valence-corrected chi connectivity index (χ1v) is 9.39. The Kier molecular flexibility index (Phi) is 5.08. The lowest BCUT2D eigenvalue weighted by Gasteiger charge is -2.34. The van der Waals surface area contributed by atoms with Crippen LogP contribution in [0.4, 0.5) is 16.3 Å². The minimum Gasteiger partial charge on any atom is -0.378 e. The monoisotopic (exact) mass is 378 g/mol. The van der Waals surface area contributed by atoms with Crippen molar-refractivity contribution in [1.29, 1.82) is 5.26 Å². The SMILES string of the molecule is Cc1nc2c(c(N3CCOCC3)n1)CN(C(=O)Nc1ccc(C#N)cc1)CC2. The Hall–Kier alpha value is -3.18. The predicted octanol–water partition coefficient (Wildman–Crippen LogP) is 2.08.